The number of amides is 1. The third kappa shape index (κ3) is 4.66. The summed E-state index contributed by atoms with van der Waals surface area (Å²) in [6.45, 7) is 3.89. The average molecular weight is 331 g/mol. The lowest BCUT2D eigenvalue weighted by Crippen LogP contribution is -2.22. The first-order chi connectivity index (χ1) is 11.0. The molecule has 23 heavy (non-hydrogen) atoms. The minimum absolute atomic E-state index is 0.0337. The maximum atomic E-state index is 12.3. The van der Waals surface area contributed by atoms with Crippen LogP contribution in [-0.2, 0) is 4.79 Å². The number of carbonyl (C=O) groups excluding carboxylic acids is 1. The van der Waals surface area contributed by atoms with Crippen LogP contribution in [0.2, 0.25) is 0 Å². The lowest BCUT2D eigenvalue weighted by Gasteiger charge is -2.14. The summed E-state index contributed by atoms with van der Waals surface area (Å²) in [5.74, 6) is 1.30. The van der Waals surface area contributed by atoms with Crippen LogP contribution >= 0.6 is 11.8 Å². The first-order valence-electron chi connectivity index (χ1n) is 7.29. The highest BCUT2D eigenvalue weighted by Gasteiger charge is 2.16. The van der Waals surface area contributed by atoms with E-state index >= 15 is 0 Å². The van der Waals surface area contributed by atoms with E-state index in [4.69, 9.17) is 9.47 Å². The maximum Gasteiger partial charge on any atom is 0.237 e. The number of methoxy groups -OCH3 is 2. The van der Waals surface area contributed by atoms with Crippen molar-refractivity contribution in [3.05, 3.63) is 48.0 Å². The number of carbonyl (C=O) groups is 1. The van der Waals surface area contributed by atoms with Gasteiger partial charge in [-0.1, -0.05) is 17.7 Å². The van der Waals surface area contributed by atoms with Crippen LogP contribution in [0.3, 0.4) is 0 Å². The molecule has 0 aliphatic carbocycles. The molecule has 0 spiro atoms. The van der Waals surface area contributed by atoms with Crippen LogP contribution in [0.25, 0.3) is 0 Å². The Morgan fingerprint density at radius 1 is 1.04 bits per heavy atom. The lowest BCUT2D eigenvalue weighted by molar-refractivity contribution is -0.115. The third-order valence-electron chi connectivity index (χ3n) is 3.36. The summed E-state index contributed by atoms with van der Waals surface area (Å²) in [5, 5.41) is 2.70. The highest BCUT2D eigenvalue weighted by atomic mass is 32.2. The summed E-state index contributed by atoms with van der Waals surface area (Å²) in [4.78, 5) is 13.2. The zero-order chi connectivity index (χ0) is 16.8. The normalized spacial score (nSPS) is 11.7. The molecule has 5 heteroatoms. The highest BCUT2D eigenvalue weighted by Crippen LogP contribution is 2.33. The van der Waals surface area contributed by atoms with E-state index in [0.29, 0.717) is 11.5 Å². The number of ether oxygens (including phenoxy) is 2. The predicted molar refractivity (Wildman–Crippen MR) is 94.7 cm³/mol. The molecule has 0 radical (unpaired) electrons. The monoisotopic (exact) mass is 331 g/mol. The Morgan fingerprint density at radius 3 is 2.30 bits per heavy atom. The van der Waals surface area contributed by atoms with E-state index in [1.807, 2.05) is 56.3 Å². The molecule has 0 heterocycles. The fourth-order valence-electron chi connectivity index (χ4n) is 2.03. The van der Waals surface area contributed by atoms with Crippen LogP contribution in [0.15, 0.2) is 47.4 Å². The van der Waals surface area contributed by atoms with Gasteiger partial charge in [-0.2, -0.15) is 0 Å². The molecule has 1 amide bonds. The minimum Gasteiger partial charge on any atom is -0.493 e. The molecule has 4 nitrogen and oxygen atoms in total. The van der Waals surface area contributed by atoms with Crippen molar-refractivity contribution in [1.82, 2.24) is 0 Å². The van der Waals surface area contributed by atoms with Crippen molar-refractivity contribution in [2.75, 3.05) is 19.5 Å². The summed E-state index contributed by atoms with van der Waals surface area (Å²) < 4.78 is 10.5. The van der Waals surface area contributed by atoms with Gasteiger partial charge < -0.3 is 14.8 Å². The number of benzene rings is 2. The summed E-state index contributed by atoms with van der Waals surface area (Å²) >= 11 is 1.48. The van der Waals surface area contributed by atoms with Crippen molar-refractivity contribution in [1.29, 1.82) is 0 Å². The van der Waals surface area contributed by atoms with Crippen molar-refractivity contribution in [3.8, 4) is 11.5 Å². The highest BCUT2D eigenvalue weighted by molar-refractivity contribution is 8.00. The van der Waals surface area contributed by atoms with Crippen molar-refractivity contribution in [3.63, 3.8) is 0 Å². The second kappa shape index (κ2) is 7.92. The van der Waals surface area contributed by atoms with Gasteiger partial charge in [0.25, 0.3) is 0 Å². The maximum absolute atomic E-state index is 12.3. The van der Waals surface area contributed by atoms with E-state index in [2.05, 4.69) is 5.32 Å². The number of hydrogen-bond donors (Lipinski definition) is 1. The van der Waals surface area contributed by atoms with Gasteiger partial charge in [-0.3, -0.25) is 4.79 Å². The van der Waals surface area contributed by atoms with E-state index in [0.717, 1.165) is 16.1 Å². The molecule has 0 bridgehead atoms. The number of rotatable bonds is 6. The fourth-order valence-corrected chi connectivity index (χ4v) is 2.92. The lowest BCUT2D eigenvalue weighted by atomic mass is 10.2. The van der Waals surface area contributed by atoms with E-state index in [9.17, 15) is 4.79 Å². The quantitative estimate of drug-likeness (QED) is 0.809. The number of aryl methyl sites for hydroxylation is 1. The number of thioether (sulfide) groups is 1. The molecule has 0 aromatic heterocycles. The van der Waals surface area contributed by atoms with Gasteiger partial charge in [0, 0.05) is 10.6 Å². The van der Waals surface area contributed by atoms with Gasteiger partial charge in [0.05, 0.1) is 19.5 Å². The van der Waals surface area contributed by atoms with Gasteiger partial charge in [-0.05, 0) is 44.2 Å². The molecule has 0 aliphatic heterocycles. The molecule has 1 atom stereocenters. The van der Waals surface area contributed by atoms with Crippen LogP contribution in [0, 0.1) is 6.92 Å². The van der Waals surface area contributed by atoms with Gasteiger partial charge in [-0.25, -0.2) is 0 Å². The molecule has 0 saturated carbocycles. The van der Waals surface area contributed by atoms with Gasteiger partial charge in [0.1, 0.15) is 0 Å². The zero-order valence-corrected chi connectivity index (χ0v) is 14.6. The average Bonchev–Trinajstić information content (AvgIpc) is 2.56. The Kier molecular flexibility index (Phi) is 5.93. The summed E-state index contributed by atoms with van der Waals surface area (Å²) in [6, 6.07) is 13.4. The van der Waals surface area contributed by atoms with Gasteiger partial charge in [-0.15, -0.1) is 11.8 Å². The smallest absolute Gasteiger partial charge is 0.237 e. The van der Waals surface area contributed by atoms with E-state index in [1.54, 1.807) is 14.2 Å². The third-order valence-corrected chi connectivity index (χ3v) is 4.45. The molecule has 0 fully saturated rings. The molecule has 2 rings (SSSR count). The molecule has 2 aromatic rings. The number of hydrogen-bond acceptors (Lipinski definition) is 4. The van der Waals surface area contributed by atoms with Crippen molar-refractivity contribution >= 4 is 23.4 Å². The van der Waals surface area contributed by atoms with Crippen molar-refractivity contribution in [2.45, 2.75) is 24.0 Å². The van der Waals surface area contributed by atoms with E-state index < -0.39 is 0 Å². The standard InChI is InChI=1S/C18H21NO3S/c1-12-5-7-14(8-6-12)19-18(20)13(2)23-15-9-10-16(21-3)17(11-15)22-4/h5-11,13H,1-4H3,(H,19,20)/t13-/m0/s1. The van der Waals surface area contributed by atoms with Crippen LogP contribution in [0.4, 0.5) is 5.69 Å². The van der Waals surface area contributed by atoms with Gasteiger partial charge >= 0.3 is 0 Å². The molecular weight excluding hydrogens is 310 g/mol. The van der Waals surface area contributed by atoms with Crippen LogP contribution < -0.4 is 14.8 Å². The number of anilines is 1. The topological polar surface area (TPSA) is 47.6 Å². The van der Waals surface area contributed by atoms with E-state index in [-0.39, 0.29) is 11.2 Å². The van der Waals surface area contributed by atoms with Gasteiger partial charge in [0.2, 0.25) is 5.91 Å². The first kappa shape index (κ1) is 17.2. The molecule has 0 aliphatic rings. The second-order valence-electron chi connectivity index (χ2n) is 5.13. The molecule has 0 unspecified atom stereocenters. The van der Waals surface area contributed by atoms with Crippen LogP contribution in [0.1, 0.15) is 12.5 Å². The summed E-state index contributed by atoms with van der Waals surface area (Å²) in [5.41, 5.74) is 1.97. The molecule has 122 valence electrons. The van der Waals surface area contributed by atoms with Gasteiger partial charge in [0.15, 0.2) is 11.5 Å². The largest absolute Gasteiger partial charge is 0.493 e. The first-order valence-corrected chi connectivity index (χ1v) is 8.17. The number of nitrogens with one attached hydrogen (secondary N) is 1. The van der Waals surface area contributed by atoms with Crippen LogP contribution in [-0.4, -0.2) is 25.4 Å². The Balaban J connectivity index is 2.01. The molecular formula is C18H21NO3S. The van der Waals surface area contributed by atoms with E-state index in [1.165, 1.54) is 11.8 Å². The molecule has 1 N–H and O–H groups in total. The Morgan fingerprint density at radius 2 is 1.70 bits per heavy atom. The molecule has 2 aromatic carbocycles. The summed E-state index contributed by atoms with van der Waals surface area (Å²) in [6.07, 6.45) is 0. The zero-order valence-electron chi connectivity index (χ0n) is 13.8. The fraction of sp³-hybridized carbons (Fsp3) is 0.278. The molecule has 0 saturated heterocycles. The summed E-state index contributed by atoms with van der Waals surface area (Å²) in [7, 11) is 3.20. The van der Waals surface area contributed by atoms with Crippen molar-refractivity contribution in [2.24, 2.45) is 0 Å². The Bertz CT molecular complexity index is 670. The second-order valence-corrected chi connectivity index (χ2v) is 6.55. The Labute approximate surface area is 141 Å². The van der Waals surface area contributed by atoms with Crippen molar-refractivity contribution < 1.29 is 14.3 Å². The van der Waals surface area contributed by atoms with Crippen LogP contribution in [0.5, 0.6) is 11.5 Å². The minimum atomic E-state index is -0.227. The Hall–Kier alpha value is -2.14. The SMILES string of the molecule is COc1ccc(S[C@@H](C)C(=O)Nc2ccc(C)cc2)cc1OC. The predicted octanol–water partition coefficient (Wildman–Crippen LogP) is 4.13.